The first kappa shape index (κ1) is 14.4. The van der Waals surface area contributed by atoms with Crippen LogP contribution in [0.5, 0.6) is 5.75 Å². The topological polar surface area (TPSA) is 31.5 Å². The lowest BCUT2D eigenvalue weighted by atomic mass is 10.2. The van der Waals surface area contributed by atoms with Crippen molar-refractivity contribution in [2.45, 2.75) is 13.3 Å². The second-order valence-corrected chi connectivity index (χ2v) is 5.97. The number of hydrogen-bond acceptors (Lipinski definition) is 3. The lowest BCUT2D eigenvalue weighted by Crippen LogP contribution is -2.44. The van der Waals surface area contributed by atoms with Crippen molar-refractivity contribution >= 4 is 10.9 Å². The molecule has 1 aromatic heterocycles. The van der Waals surface area contributed by atoms with E-state index in [2.05, 4.69) is 53.0 Å². The molecular weight excluding hydrogens is 262 g/mol. The highest BCUT2D eigenvalue weighted by molar-refractivity contribution is 5.87. The molecule has 2 heterocycles. The number of nitrogens with zero attached hydrogens (tertiary/aromatic N) is 2. The van der Waals surface area contributed by atoms with Gasteiger partial charge in [0, 0.05) is 43.6 Å². The number of ether oxygens (including phenoxy) is 1. The van der Waals surface area contributed by atoms with E-state index in [9.17, 15) is 0 Å². The lowest BCUT2D eigenvalue weighted by molar-refractivity contribution is 0.145. The van der Waals surface area contributed by atoms with Gasteiger partial charge in [0.05, 0.1) is 12.3 Å². The lowest BCUT2D eigenvalue weighted by Gasteiger charge is -2.32. The largest absolute Gasteiger partial charge is 0.491 e. The van der Waals surface area contributed by atoms with E-state index in [1.807, 2.05) is 0 Å². The van der Waals surface area contributed by atoms with E-state index in [1.54, 1.807) is 0 Å². The molecule has 0 radical (unpaired) electrons. The number of rotatable bonds is 5. The number of aromatic amines is 1. The number of benzene rings is 1. The number of piperazine rings is 1. The maximum absolute atomic E-state index is 6.03. The predicted octanol–water partition coefficient (Wildman–Crippen LogP) is 2.49. The summed E-state index contributed by atoms with van der Waals surface area (Å²) in [6, 6.07) is 8.33. The number of likely N-dealkylation sites (N-methyl/N-ethyl adjacent to an activating group) is 1. The molecule has 4 nitrogen and oxygen atoms in total. The van der Waals surface area contributed by atoms with Gasteiger partial charge in [-0.1, -0.05) is 12.1 Å². The molecule has 1 fully saturated rings. The molecular formula is C17H25N3O. The molecule has 1 saturated heterocycles. The molecule has 4 heteroatoms. The van der Waals surface area contributed by atoms with Crippen LogP contribution in [0.3, 0.4) is 0 Å². The summed E-state index contributed by atoms with van der Waals surface area (Å²) in [7, 11) is 2.19. The summed E-state index contributed by atoms with van der Waals surface area (Å²) in [5.41, 5.74) is 2.28. The molecule has 21 heavy (non-hydrogen) atoms. The number of nitrogens with one attached hydrogen (secondary N) is 1. The van der Waals surface area contributed by atoms with Gasteiger partial charge in [-0.15, -0.1) is 0 Å². The molecule has 0 spiro atoms. The van der Waals surface area contributed by atoms with Crippen LogP contribution in [-0.4, -0.2) is 61.2 Å². The Hall–Kier alpha value is -1.52. The van der Waals surface area contributed by atoms with Crippen LogP contribution in [0.4, 0.5) is 0 Å². The number of aryl methyl sites for hydroxylation is 1. The summed E-state index contributed by atoms with van der Waals surface area (Å²) in [5, 5.41) is 1.19. The number of hydrogen-bond donors (Lipinski definition) is 1. The van der Waals surface area contributed by atoms with Crippen molar-refractivity contribution in [1.29, 1.82) is 0 Å². The first-order valence-corrected chi connectivity index (χ1v) is 7.85. The van der Waals surface area contributed by atoms with Gasteiger partial charge in [-0.05, 0) is 32.5 Å². The molecule has 0 atom stereocenters. The smallest absolute Gasteiger partial charge is 0.147 e. The van der Waals surface area contributed by atoms with Crippen LogP contribution in [-0.2, 0) is 0 Å². The predicted molar refractivity (Wildman–Crippen MR) is 87.1 cm³/mol. The van der Waals surface area contributed by atoms with E-state index in [0.717, 1.165) is 36.5 Å². The first-order valence-electron chi connectivity index (χ1n) is 7.85. The molecule has 0 aliphatic carbocycles. The Balaban J connectivity index is 1.49. The van der Waals surface area contributed by atoms with Gasteiger partial charge in [0.15, 0.2) is 0 Å². The van der Waals surface area contributed by atoms with Crippen LogP contribution in [0.25, 0.3) is 10.9 Å². The van der Waals surface area contributed by atoms with E-state index in [-0.39, 0.29) is 0 Å². The molecule has 0 bridgehead atoms. The highest BCUT2D eigenvalue weighted by Gasteiger charge is 2.13. The maximum atomic E-state index is 6.03. The molecule has 1 aliphatic heterocycles. The van der Waals surface area contributed by atoms with Crippen LogP contribution in [0, 0.1) is 6.92 Å². The Kier molecular flexibility index (Phi) is 4.46. The summed E-state index contributed by atoms with van der Waals surface area (Å²) in [5.74, 6) is 1.02. The van der Waals surface area contributed by atoms with Crippen molar-refractivity contribution in [3.05, 3.63) is 30.0 Å². The van der Waals surface area contributed by atoms with Crippen LogP contribution in [0.1, 0.15) is 12.1 Å². The zero-order valence-corrected chi connectivity index (χ0v) is 13.1. The summed E-state index contributed by atoms with van der Waals surface area (Å²) >= 11 is 0. The van der Waals surface area contributed by atoms with Crippen molar-refractivity contribution in [2.75, 3.05) is 46.4 Å². The second-order valence-electron chi connectivity index (χ2n) is 5.97. The average molecular weight is 287 g/mol. The van der Waals surface area contributed by atoms with Gasteiger partial charge in [-0.3, -0.25) is 0 Å². The number of para-hydroxylation sites is 1. The fourth-order valence-corrected chi connectivity index (χ4v) is 2.97. The van der Waals surface area contributed by atoms with Crippen molar-refractivity contribution in [3.8, 4) is 5.75 Å². The van der Waals surface area contributed by atoms with E-state index >= 15 is 0 Å². The van der Waals surface area contributed by atoms with Crippen molar-refractivity contribution in [2.24, 2.45) is 0 Å². The minimum Gasteiger partial charge on any atom is -0.491 e. The highest BCUT2D eigenvalue weighted by atomic mass is 16.5. The van der Waals surface area contributed by atoms with E-state index < -0.39 is 0 Å². The second kappa shape index (κ2) is 6.50. The van der Waals surface area contributed by atoms with E-state index in [0.29, 0.717) is 0 Å². The maximum Gasteiger partial charge on any atom is 0.147 e. The third kappa shape index (κ3) is 3.39. The Labute approximate surface area is 126 Å². The molecule has 0 unspecified atom stereocenters. The monoisotopic (exact) mass is 287 g/mol. The molecule has 1 aliphatic rings. The minimum absolute atomic E-state index is 0.787. The van der Waals surface area contributed by atoms with Crippen LogP contribution >= 0.6 is 0 Å². The Morgan fingerprint density at radius 2 is 1.90 bits per heavy atom. The van der Waals surface area contributed by atoms with Gasteiger partial charge in [-0.25, -0.2) is 0 Å². The van der Waals surface area contributed by atoms with Gasteiger partial charge in [0.25, 0.3) is 0 Å². The normalized spacial score (nSPS) is 17.4. The van der Waals surface area contributed by atoms with E-state index in [1.165, 1.54) is 31.6 Å². The standard InChI is InChI=1S/C17H25N3O/c1-14-17(15-6-3-4-7-16(15)18-14)21-13-5-8-20-11-9-19(2)10-12-20/h3-4,6-7,18H,5,8-13H2,1-2H3. The number of H-pyrrole nitrogens is 1. The average Bonchev–Trinajstić information content (AvgIpc) is 2.81. The van der Waals surface area contributed by atoms with Gasteiger partial charge < -0.3 is 19.5 Å². The third-order valence-electron chi connectivity index (χ3n) is 4.30. The van der Waals surface area contributed by atoms with Crippen LogP contribution in [0.15, 0.2) is 24.3 Å². The molecule has 1 aromatic carbocycles. The fraction of sp³-hybridized carbons (Fsp3) is 0.529. The first-order chi connectivity index (χ1) is 10.2. The van der Waals surface area contributed by atoms with Crippen molar-refractivity contribution in [3.63, 3.8) is 0 Å². The van der Waals surface area contributed by atoms with Crippen molar-refractivity contribution < 1.29 is 4.74 Å². The summed E-state index contributed by atoms with van der Waals surface area (Å²) in [6.07, 6.45) is 1.09. The molecule has 2 aromatic rings. The van der Waals surface area contributed by atoms with Gasteiger partial charge in [-0.2, -0.15) is 0 Å². The zero-order valence-electron chi connectivity index (χ0n) is 13.1. The highest BCUT2D eigenvalue weighted by Crippen LogP contribution is 2.29. The Bertz CT molecular complexity index is 585. The number of fused-ring (bicyclic) bond motifs is 1. The molecule has 0 saturated carbocycles. The zero-order chi connectivity index (χ0) is 14.7. The SMILES string of the molecule is Cc1[nH]c2ccccc2c1OCCCN1CCN(C)CC1. The summed E-state index contributed by atoms with van der Waals surface area (Å²) < 4.78 is 6.03. The van der Waals surface area contributed by atoms with E-state index in [4.69, 9.17) is 4.74 Å². The molecule has 3 rings (SSSR count). The van der Waals surface area contributed by atoms with Gasteiger partial charge in [0.2, 0.25) is 0 Å². The Morgan fingerprint density at radius 1 is 1.14 bits per heavy atom. The molecule has 1 N–H and O–H groups in total. The number of aromatic nitrogens is 1. The van der Waals surface area contributed by atoms with Crippen LogP contribution < -0.4 is 4.74 Å². The third-order valence-corrected chi connectivity index (χ3v) is 4.30. The quantitative estimate of drug-likeness (QED) is 0.857. The Morgan fingerprint density at radius 3 is 2.71 bits per heavy atom. The molecule has 0 amide bonds. The summed E-state index contributed by atoms with van der Waals surface area (Å²) in [4.78, 5) is 8.31. The van der Waals surface area contributed by atoms with Gasteiger partial charge in [0.1, 0.15) is 5.75 Å². The van der Waals surface area contributed by atoms with Crippen LogP contribution in [0.2, 0.25) is 0 Å². The minimum atomic E-state index is 0.787. The fourth-order valence-electron chi connectivity index (χ4n) is 2.97. The van der Waals surface area contributed by atoms with Gasteiger partial charge >= 0.3 is 0 Å². The molecule has 114 valence electrons. The van der Waals surface area contributed by atoms with Crippen molar-refractivity contribution in [1.82, 2.24) is 14.8 Å². The summed E-state index contributed by atoms with van der Waals surface area (Å²) in [6.45, 7) is 8.73.